The highest BCUT2D eigenvalue weighted by molar-refractivity contribution is 7.47. The highest BCUT2D eigenvalue weighted by atomic mass is 31.2. The average Bonchev–Trinajstić information content (AvgIpc) is 3.24. The van der Waals surface area contributed by atoms with Gasteiger partial charge in [0, 0.05) is 13.2 Å². The molecule has 0 fully saturated rings. The fourth-order valence-corrected chi connectivity index (χ4v) is 6.39. The third-order valence-electron chi connectivity index (χ3n) is 8.91. The monoisotopic (exact) mass is 854 g/mol. The number of carbonyl (C=O) groups excluding carboxylic acids is 1. The number of phosphoric ester groups is 1. The first-order valence-electron chi connectivity index (χ1n) is 23.0. The zero-order chi connectivity index (χ0) is 43.7. The molecule has 340 valence electrons. The van der Waals surface area contributed by atoms with E-state index in [0.29, 0.717) is 13.0 Å². The molecule has 0 aliphatic heterocycles. The summed E-state index contributed by atoms with van der Waals surface area (Å²) < 4.78 is 33.3. The summed E-state index contributed by atoms with van der Waals surface area (Å²) in [7, 11) is -4.31. The lowest BCUT2D eigenvalue weighted by Gasteiger charge is -2.19. The SMILES string of the molecule is CC/C=C\C/C=C\C/C=C\C/C=C\C/C=C\CCCCCCCCCCCCOCC(COP(=O)(O)OCCN)OC(=O)C/C=C\C/C=C\C/C=C\C/C=C\C/C=C\CC. The Kier molecular flexibility index (Phi) is 44.5. The minimum atomic E-state index is -4.31. The Morgan fingerprint density at radius 2 is 0.883 bits per heavy atom. The van der Waals surface area contributed by atoms with Gasteiger partial charge in [-0.15, -0.1) is 0 Å². The number of unbranched alkanes of at least 4 members (excludes halogenated alkanes) is 10. The summed E-state index contributed by atoms with van der Waals surface area (Å²) in [6.07, 6.45) is 65.4. The van der Waals surface area contributed by atoms with Crippen LogP contribution < -0.4 is 5.73 Å². The zero-order valence-electron chi connectivity index (χ0n) is 37.6. The maximum Gasteiger partial charge on any atom is 0.472 e. The summed E-state index contributed by atoms with van der Waals surface area (Å²) in [6.45, 7) is 4.51. The van der Waals surface area contributed by atoms with E-state index in [4.69, 9.17) is 24.3 Å². The van der Waals surface area contributed by atoms with Crippen LogP contribution in [-0.2, 0) is 27.9 Å². The van der Waals surface area contributed by atoms with Gasteiger partial charge in [0.05, 0.1) is 26.2 Å². The summed E-state index contributed by atoms with van der Waals surface area (Å²) in [6, 6.07) is 0. The summed E-state index contributed by atoms with van der Waals surface area (Å²) >= 11 is 0. The zero-order valence-corrected chi connectivity index (χ0v) is 38.5. The first kappa shape index (κ1) is 56.9. The lowest BCUT2D eigenvalue weighted by atomic mass is 10.1. The van der Waals surface area contributed by atoms with Gasteiger partial charge in [-0.3, -0.25) is 13.8 Å². The van der Waals surface area contributed by atoms with Crippen LogP contribution in [0.25, 0.3) is 0 Å². The second kappa shape index (κ2) is 47.0. The summed E-state index contributed by atoms with van der Waals surface area (Å²) in [4.78, 5) is 22.4. The molecule has 0 aliphatic rings. The van der Waals surface area contributed by atoms with Gasteiger partial charge in [-0.05, 0) is 83.5 Å². The first-order chi connectivity index (χ1) is 29.4. The van der Waals surface area contributed by atoms with Crippen LogP contribution in [0.2, 0.25) is 0 Å². The lowest BCUT2D eigenvalue weighted by molar-refractivity contribution is -0.153. The van der Waals surface area contributed by atoms with Gasteiger partial charge in [-0.25, -0.2) is 4.57 Å². The molecule has 0 rings (SSSR count). The largest absolute Gasteiger partial charge is 0.472 e. The van der Waals surface area contributed by atoms with E-state index in [1.165, 1.54) is 51.4 Å². The molecular formula is C51H84NO7P. The minimum absolute atomic E-state index is 0.0649. The van der Waals surface area contributed by atoms with Gasteiger partial charge >= 0.3 is 13.8 Å². The maximum absolute atomic E-state index is 12.5. The van der Waals surface area contributed by atoms with Gasteiger partial charge in [0.1, 0.15) is 6.10 Å². The molecule has 0 amide bonds. The Bertz CT molecular complexity index is 1320. The first-order valence-corrected chi connectivity index (χ1v) is 24.5. The van der Waals surface area contributed by atoms with Gasteiger partial charge in [-0.1, -0.05) is 187 Å². The van der Waals surface area contributed by atoms with E-state index in [9.17, 15) is 14.3 Å². The number of allylic oxidation sites excluding steroid dienone is 19. The van der Waals surface area contributed by atoms with Gasteiger partial charge in [-0.2, -0.15) is 0 Å². The maximum atomic E-state index is 12.5. The van der Waals surface area contributed by atoms with Gasteiger partial charge in [0.15, 0.2) is 0 Å². The molecule has 8 nitrogen and oxygen atoms in total. The number of hydrogen-bond donors (Lipinski definition) is 2. The minimum Gasteiger partial charge on any atom is -0.457 e. The van der Waals surface area contributed by atoms with E-state index >= 15 is 0 Å². The number of carbonyl (C=O) groups is 1. The van der Waals surface area contributed by atoms with Crippen molar-refractivity contribution in [2.24, 2.45) is 5.73 Å². The van der Waals surface area contributed by atoms with Crippen molar-refractivity contribution in [1.29, 1.82) is 0 Å². The number of ether oxygens (including phenoxy) is 2. The second-order valence-electron chi connectivity index (χ2n) is 14.5. The molecule has 0 heterocycles. The molecule has 0 saturated heterocycles. The molecule has 2 unspecified atom stereocenters. The number of rotatable bonds is 42. The normalized spacial score (nSPS) is 14.5. The number of phosphoric acid groups is 1. The number of esters is 1. The smallest absolute Gasteiger partial charge is 0.457 e. The van der Waals surface area contributed by atoms with E-state index in [1.54, 1.807) is 6.08 Å². The van der Waals surface area contributed by atoms with Crippen molar-refractivity contribution in [3.05, 3.63) is 122 Å². The molecule has 0 aromatic carbocycles. The van der Waals surface area contributed by atoms with Crippen molar-refractivity contribution in [3.63, 3.8) is 0 Å². The molecule has 0 aromatic heterocycles. The van der Waals surface area contributed by atoms with Crippen LogP contribution in [-0.4, -0.2) is 49.9 Å². The van der Waals surface area contributed by atoms with E-state index < -0.39 is 19.9 Å². The van der Waals surface area contributed by atoms with Gasteiger partial charge in [0.25, 0.3) is 0 Å². The van der Waals surface area contributed by atoms with Crippen molar-refractivity contribution in [1.82, 2.24) is 0 Å². The summed E-state index contributed by atoms with van der Waals surface area (Å²) in [5.74, 6) is -0.463. The van der Waals surface area contributed by atoms with Crippen LogP contribution in [0.1, 0.15) is 155 Å². The van der Waals surface area contributed by atoms with E-state index in [2.05, 4.69) is 123 Å². The van der Waals surface area contributed by atoms with Crippen LogP contribution in [0.4, 0.5) is 0 Å². The third-order valence-corrected chi connectivity index (χ3v) is 9.89. The Morgan fingerprint density at radius 1 is 0.500 bits per heavy atom. The third kappa shape index (κ3) is 46.0. The van der Waals surface area contributed by atoms with Crippen molar-refractivity contribution < 1.29 is 32.8 Å². The Balaban J connectivity index is 4.08. The topological polar surface area (TPSA) is 117 Å². The Morgan fingerprint density at radius 3 is 1.32 bits per heavy atom. The standard InChI is InChI=1S/C51H84NO7P/c1-3-5-7-9-11-13-15-17-19-20-21-22-23-24-25-26-27-28-29-31-33-35-37-39-41-43-46-56-48-50(49-58-60(54,55)57-47-45-52)59-51(53)44-42-40-38-36-34-32-30-18-16-14-12-10-8-6-4-2/h5-8,11-14,17-19,21-22,24-25,30,34,36,40,42,50H,3-4,9-10,15-16,20,23,26-29,31-33,35,37-39,41,43-49,52H2,1-2H3,(H,54,55)/b7-5-,8-6-,13-11-,14-12-,19-17-,22-21-,25-24-,30-18-,36-34-,42-40-. The molecule has 0 spiro atoms. The van der Waals surface area contributed by atoms with E-state index in [-0.39, 0.29) is 32.8 Å². The average molecular weight is 854 g/mol. The molecule has 0 saturated carbocycles. The molecule has 0 radical (unpaired) electrons. The van der Waals surface area contributed by atoms with Crippen molar-refractivity contribution in [2.75, 3.05) is 33.0 Å². The Hall–Kier alpha value is -3.10. The molecule has 0 aromatic rings. The van der Waals surface area contributed by atoms with Crippen molar-refractivity contribution >= 4 is 13.8 Å². The van der Waals surface area contributed by atoms with Crippen molar-refractivity contribution in [2.45, 2.75) is 161 Å². The molecule has 0 aliphatic carbocycles. The van der Waals surface area contributed by atoms with Crippen LogP contribution in [0.5, 0.6) is 0 Å². The molecule has 0 bridgehead atoms. The number of hydrogen-bond acceptors (Lipinski definition) is 7. The summed E-state index contributed by atoms with van der Waals surface area (Å²) in [5, 5.41) is 0. The van der Waals surface area contributed by atoms with E-state index in [1.807, 2.05) is 6.08 Å². The molecule has 9 heteroatoms. The fraction of sp³-hybridized carbons (Fsp3) is 0.588. The van der Waals surface area contributed by atoms with Gasteiger partial charge in [0.2, 0.25) is 0 Å². The molecule has 3 N–H and O–H groups in total. The highest BCUT2D eigenvalue weighted by Gasteiger charge is 2.25. The highest BCUT2D eigenvalue weighted by Crippen LogP contribution is 2.43. The number of nitrogens with two attached hydrogens (primary N) is 1. The van der Waals surface area contributed by atoms with Crippen LogP contribution in [0.3, 0.4) is 0 Å². The van der Waals surface area contributed by atoms with Gasteiger partial charge < -0.3 is 20.1 Å². The molecular weight excluding hydrogens is 770 g/mol. The van der Waals surface area contributed by atoms with Crippen molar-refractivity contribution in [3.8, 4) is 0 Å². The predicted molar refractivity (Wildman–Crippen MR) is 256 cm³/mol. The summed E-state index contributed by atoms with van der Waals surface area (Å²) in [5.41, 5.74) is 5.37. The fourth-order valence-electron chi connectivity index (χ4n) is 5.63. The van der Waals surface area contributed by atoms with Crippen LogP contribution >= 0.6 is 7.82 Å². The predicted octanol–water partition coefficient (Wildman–Crippen LogP) is 14.2. The lowest BCUT2D eigenvalue weighted by Crippen LogP contribution is -2.28. The Labute approximate surface area is 366 Å². The second-order valence-corrected chi connectivity index (χ2v) is 16.0. The van der Waals surface area contributed by atoms with Crippen LogP contribution in [0.15, 0.2) is 122 Å². The quantitative estimate of drug-likeness (QED) is 0.0270. The van der Waals surface area contributed by atoms with E-state index in [0.717, 1.165) is 77.0 Å². The van der Waals surface area contributed by atoms with Crippen LogP contribution in [0, 0.1) is 0 Å². The molecule has 2 atom stereocenters. The molecule has 60 heavy (non-hydrogen) atoms.